The second-order valence-corrected chi connectivity index (χ2v) is 12.8. The van der Waals surface area contributed by atoms with E-state index >= 15 is 0 Å². The van der Waals surface area contributed by atoms with E-state index in [9.17, 15) is 9.59 Å². The van der Waals surface area contributed by atoms with Gasteiger partial charge in [-0.3, -0.25) is 5.32 Å². The number of nitrogens with two attached hydrogens (primary N) is 1. The molecule has 1 aromatic carbocycles. The lowest BCUT2D eigenvalue weighted by atomic mass is 9.97. The van der Waals surface area contributed by atoms with Gasteiger partial charge in [-0.2, -0.15) is 0 Å². The first-order valence-electron chi connectivity index (χ1n) is 14.5. The summed E-state index contributed by atoms with van der Waals surface area (Å²) in [5.41, 5.74) is 7.25. The topological polar surface area (TPSA) is 132 Å². The highest BCUT2D eigenvalue weighted by Gasteiger charge is 2.27. The number of hydrogen-bond donors (Lipinski definition) is 2. The summed E-state index contributed by atoms with van der Waals surface area (Å²) in [6, 6.07) is 9.98. The lowest BCUT2D eigenvalue weighted by Crippen LogP contribution is -2.48. The highest BCUT2D eigenvalue weighted by atomic mass is 16.6. The Morgan fingerprint density at radius 2 is 1.71 bits per heavy atom. The van der Waals surface area contributed by atoms with E-state index in [1.54, 1.807) is 47.7 Å². The van der Waals surface area contributed by atoms with Crippen molar-refractivity contribution < 1.29 is 23.8 Å². The van der Waals surface area contributed by atoms with E-state index in [0.717, 1.165) is 49.5 Å². The second kappa shape index (κ2) is 12.9. The molecule has 0 saturated carbocycles. The van der Waals surface area contributed by atoms with Crippen LogP contribution < -0.4 is 20.7 Å². The van der Waals surface area contributed by atoms with Gasteiger partial charge in [0, 0.05) is 26.2 Å². The van der Waals surface area contributed by atoms with Gasteiger partial charge in [0.25, 0.3) is 0 Å². The Balaban J connectivity index is 1.38. The van der Waals surface area contributed by atoms with Crippen molar-refractivity contribution in [2.75, 3.05) is 36.9 Å². The van der Waals surface area contributed by atoms with Gasteiger partial charge in [-0.05, 0) is 102 Å². The van der Waals surface area contributed by atoms with Gasteiger partial charge < -0.3 is 29.7 Å². The Bertz CT molecular complexity index is 1270. The Morgan fingerprint density at radius 3 is 2.36 bits per heavy atom. The van der Waals surface area contributed by atoms with Crippen molar-refractivity contribution in [1.29, 1.82) is 0 Å². The molecule has 228 valence electrons. The number of nitrogens with one attached hydrogen (secondary N) is 1. The summed E-state index contributed by atoms with van der Waals surface area (Å²) in [5, 5.41) is 2.66. The summed E-state index contributed by atoms with van der Waals surface area (Å²) in [6.45, 7) is 14.1. The Kier molecular flexibility index (Phi) is 9.48. The van der Waals surface area contributed by atoms with E-state index in [0.29, 0.717) is 31.3 Å². The molecule has 0 spiro atoms. The SMILES string of the molecule is CC(C)(C)OC(=O)/N=C(\NC(=O)OC(C)(C)C)N1CCc2ccc(OCC3CCN(c4ccc(N)cn4)CC3)cc2C1. The van der Waals surface area contributed by atoms with Crippen molar-refractivity contribution in [3.63, 3.8) is 0 Å². The Labute approximate surface area is 248 Å². The largest absolute Gasteiger partial charge is 0.493 e. The normalized spacial score (nSPS) is 16.5. The number of carbonyl (C=O) groups is 2. The quantitative estimate of drug-likeness (QED) is 0.373. The summed E-state index contributed by atoms with van der Waals surface area (Å²) in [6.07, 6.45) is 2.98. The van der Waals surface area contributed by atoms with E-state index in [-0.39, 0.29) is 5.96 Å². The molecule has 3 heterocycles. The van der Waals surface area contributed by atoms with Crippen LogP contribution in [0.5, 0.6) is 5.75 Å². The number of guanidine groups is 1. The third kappa shape index (κ3) is 9.25. The number of anilines is 2. The summed E-state index contributed by atoms with van der Waals surface area (Å²) < 4.78 is 17.0. The summed E-state index contributed by atoms with van der Waals surface area (Å²) >= 11 is 0. The highest BCUT2D eigenvalue weighted by molar-refractivity contribution is 5.99. The van der Waals surface area contributed by atoms with Crippen LogP contribution in [-0.4, -0.2) is 65.5 Å². The van der Waals surface area contributed by atoms with Crippen LogP contribution in [-0.2, 0) is 22.4 Å². The number of carbonyl (C=O) groups excluding carboxylic acids is 2. The maximum absolute atomic E-state index is 12.6. The van der Waals surface area contributed by atoms with E-state index in [1.807, 2.05) is 29.2 Å². The van der Waals surface area contributed by atoms with Crippen molar-refractivity contribution in [1.82, 2.24) is 15.2 Å². The number of pyridine rings is 1. The zero-order valence-electron chi connectivity index (χ0n) is 25.6. The number of nitrogens with zero attached hydrogens (tertiary/aromatic N) is 4. The first kappa shape index (κ1) is 30.9. The van der Waals surface area contributed by atoms with Crippen LogP contribution in [0.25, 0.3) is 0 Å². The average Bonchev–Trinajstić information content (AvgIpc) is 2.90. The van der Waals surface area contributed by atoms with Crippen LogP contribution >= 0.6 is 0 Å². The molecular weight excluding hydrogens is 536 g/mol. The number of amides is 2. The molecule has 1 aromatic heterocycles. The van der Waals surface area contributed by atoms with E-state index in [4.69, 9.17) is 19.9 Å². The summed E-state index contributed by atoms with van der Waals surface area (Å²) in [4.78, 5) is 37.9. The lowest BCUT2D eigenvalue weighted by Gasteiger charge is -2.33. The molecule has 0 radical (unpaired) electrons. The van der Waals surface area contributed by atoms with E-state index < -0.39 is 23.4 Å². The molecule has 1 saturated heterocycles. The number of ether oxygens (including phenoxy) is 3. The molecule has 2 aliphatic rings. The molecule has 0 aliphatic carbocycles. The van der Waals surface area contributed by atoms with Gasteiger partial charge in [-0.15, -0.1) is 4.99 Å². The minimum Gasteiger partial charge on any atom is -0.493 e. The molecule has 0 unspecified atom stereocenters. The third-order valence-electron chi connectivity index (χ3n) is 6.89. The molecule has 0 atom stereocenters. The summed E-state index contributed by atoms with van der Waals surface area (Å²) in [5.74, 6) is 2.30. The zero-order valence-corrected chi connectivity index (χ0v) is 25.6. The van der Waals surface area contributed by atoms with Crippen molar-refractivity contribution in [3.8, 4) is 5.75 Å². The number of nitrogen functional groups attached to an aromatic ring is 1. The van der Waals surface area contributed by atoms with Gasteiger partial charge in [0.15, 0.2) is 0 Å². The fourth-order valence-electron chi connectivity index (χ4n) is 4.88. The minimum absolute atomic E-state index is 0.0952. The minimum atomic E-state index is -0.783. The molecule has 2 aliphatic heterocycles. The number of alkyl carbamates (subject to hydrolysis) is 1. The predicted octanol–water partition coefficient (Wildman–Crippen LogP) is 5.13. The number of benzene rings is 1. The molecule has 1 fully saturated rings. The van der Waals surface area contributed by atoms with E-state index in [2.05, 4.69) is 26.3 Å². The first-order chi connectivity index (χ1) is 19.7. The van der Waals surface area contributed by atoms with Crippen molar-refractivity contribution >= 4 is 29.7 Å². The fraction of sp³-hybridized carbons (Fsp3) is 0.548. The molecule has 2 amide bonds. The van der Waals surface area contributed by atoms with Gasteiger partial charge in [0.2, 0.25) is 5.96 Å². The number of aliphatic imine (C=N–C) groups is 1. The zero-order chi connectivity index (χ0) is 30.5. The number of rotatable bonds is 4. The van der Waals surface area contributed by atoms with Crippen molar-refractivity contribution in [2.24, 2.45) is 10.9 Å². The van der Waals surface area contributed by atoms with Crippen molar-refractivity contribution in [2.45, 2.75) is 78.6 Å². The summed E-state index contributed by atoms with van der Waals surface area (Å²) in [7, 11) is 0. The Morgan fingerprint density at radius 1 is 1.00 bits per heavy atom. The van der Waals surface area contributed by atoms with Crippen LogP contribution in [0.4, 0.5) is 21.1 Å². The average molecular weight is 581 g/mol. The predicted molar refractivity (Wildman–Crippen MR) is 163 cm³/mol. The molecular formula is C31H44N6O5. The fourth-order valence-corrected chi connectivity index (χ4v) is 4.88. The highest BCUT2D eigenvalue weighted by Crippen LogP contribution is 2.27. The van der Waals surface area contributed by atoms with Crippen LogP contribution in [0.15, 0.2) is 41.5 Å². The number of aromatic nitrogens is 1. The third-order valence-corrected chi connectivity index (χ3v) is 6.89. The molecule has 42 heavy (non-hydrogen) atoms. The van der Waals surface area contributed by atoms with Crippen molar-refractivity contribution in [3.05, 3.63) is 47.7 Å². The van der Waals surface area contributed by atoms with Crippen LogP contribution in [0.1, 0.15) is 65.5 Å². The maximum atomic E-state index is 12.6. The van der Waals surface area contributed by atoms with Gasteiger partial charge in [0.1, 0.15) is 22.8 Å². The monoisotopic (exact) mass is 580 g/mol. The molecule has 11 nitrogen and oxygen atoms in total. The van der Waals surface area contributed by atoms with Gasteiger partial charge in [-0.1, -0.05) is 6.07 Å². The maximum Gasteiger partial charge on any atom is 0.437 e. The lowest BCUT2D eigenvalue weighted by molar-refractivity contribution is 0.0553. The second-order valence-electron chi connectivity index (χ2n) is 12.8. The number of piperidine rings is 1. The number of fused-ring (bicyclic) bond motifs is 1. The van der Waals surface area contributed by atoms with Crippen LogP contribution in [0.3, 0.4) is 0 Å². The molecule has 0 bridgehead atoms. The van der Waals surface area contributed by atoms with Crippen LogP contribution in [0.2, 0.25) is 0 Å². The first-order valence-corrected chi connectivity index (χ1v) is 14.5. The van der Waals surface area contributed by atoms with Gasteiger partial charge >= 0.3 is 12.2 Å². The standard InChI is InChI=1S/C31H44N6O5/c1-30(2,3)41-28(38)34-27(35-29(39)42-31(4,5)6)37-16-13-22-7-9-25(17-23(22)19-37)40-20-21-11-14-36(15-12-21)26-10-8-24(32)18-33-26/h7-10,17-18,21H,11-16,19-20,32H2,1-6H3,(H,34,35,38,39). The smallest absolute Gasteiger partial charge is 0.437 e. The Hall–Kier alpha value is -4.02. The molecule has 3 N–H and O–H groups in total. The number of hydrogen-bond acceptors (Lipinski definition) is 8. The van der Waals surface area contributed by atoms with Gasteiger partial charge in [0.05, 0.1) is 18.5 Å². The molecule has 4 rings (SSSR count). The molecule has 11 heteroatoms. The molecule has 2 aromatic rings. The van der Waals surface area contributed by atoms with E-state index in [1.165, 1.54) is 5.56 Å². The van der Waals surface area contributed by atoms with Crippen LogP contribution in [0, 0.1) is 5.92 Å². The van der Waals surface area contributed by atoms with Gasteiger partial charge in [-0.25, -0.2) is 14.6 Å².